The summed E-state index contributed by atoms with van der Waals surface area (Å²) < 4.78 is 6.84. The van der Waals surface area contributed by atoms with Crippen molar-refractivity contribution in [3.05, 3.63) is 88.8 Å². The first kappa shape index (κ1) is 24.7. The Morgan fingerprint density at radius 1 is 1.14 bits per heavy atom. The fraction of sp³-hybridized carbons (Fsp3) is 0.321. The first-order valence-corrected chi connectivity index (χ1v) is 12.3. The van der Waals surface area contributed by atoms with E-state index in [1.807, 2.05) is 10.7 Å². The summed E-state index contributed by atoms with van der Waals surface area (Å²) in [7, 11) is 1.37. The molecule has 2 aromatic carbocycles. The number of allylic oxidation sites excluding steroid dienone is 1. The van der Waals surface area contributed by atoms with E-state index in [9.17, 15) is 4.79 Å². The maximum Gasteiger partial charge on any atom is 0.337 e. The van der Waals surface area contributed by atoms with E-state index < -0.39 is 0 Å². The molecule has 0 radical (unpaired) electrons. The number of hydrogen-bond acceptors (Lipinski definition) is 4. The minimum Gasteiger partial charge on any atom is -0.465 e. The van der Waals surface area contributed by atoms with Crippen molar-refractivity contribution in [2.24, 2.45) is 0 Å². The lowest BCUT2D eigenvalue weighted by atomic mass is 9.96. The molecule has 0 amide bonds. The van der Waals surface area contributed by atoms with Gasteiger partial charge in [0.15, 0.2) is 5.11 Å². The van der Waals surface area contributed by atoms with E-state index in [0.29, 0.717) is 16.6 Å². The van der Waals surface area contributed by atoms with Gasteiger partial charge < -0.3 is 15.4 Å². The largest absolute Gasteiger partial charge is 0.465 e. The number of esters is 1. The first-order chi connectivity index (χ1) is 16.8. The Morgan fingerprint density at radius 3 is 2.57 bits per heavy atom. The van der Waals surface area contributed by atoms with Crippen molar-refractivity contribution in [3.63, 3.8) is 0 Å². The van der Waals surface area contributed by atoms with Crippen LogP contribution in [0.3, 0.4) is 0 Å². The molecule has 1 aliphatic carbocycles. The van der Waals surface area contributed by atoms with Gasteiger partial charge in [-0.15, -0.1) is 0 Å². The lowest BCUT2D eigenvalue weighted by molar-refractivity contribution is 0.0601. The number of benzene rings is 2. The molecule has 182 valence electrons. The van der Waals surface area contributed by atoms with E-state index in [2.05, 4.69) is 74.7 Å². The van der Waals surface area contributed by atoms with Gasteiger partial charge in [0.05, 0.1) is 24.1 Å². The van der Waals surface area contributed by atoms with E-state index in [1.54, 1.807) is 18.2 Å². The lowest BCUT2D eigenvalue weighted by Crippen LogP contribution is -2.35. The summed E-state index contributed by atoms with van der Waals surface area (Å²) in [5.41, 5.74) is 7.09. The summed E-state index contributed by atoms with van der Waals surface area (Å²) in [6.07, 6.45) is 5.29. The molecular weight excluding hydrogens is 456 g/mol. The van der Waals surface area contributed by atoms with Crippen LogP contribution in [0, 0.1) is 13.8 Å². The van der Waals surface area contributed by atoms with E-state index >= 15 is 0 Å². The molecule has 6 nitrogen and oxygen atoms in total. The molecule has 1 heterocycles. The number of methoxy groups -OCH3 is 1. The summed E-state index contributed by atoms with van der Waals surface area (Å²) in [6, 6.07) is 15.9. The minimum atomic E-state index is -0.378. The van der Waals surface area contributed by atoms with Crippen molar-refractivity contribution in [3.8, 4) is 5.69 Å². The van der Waals surface area contributed by atoms with E-state index in [0.717, 1.165) is 29.2 Å². The highest BCUT2D eigenvalue weighted by Gasteiger charge is 2.26. The molecule has 1 aromatic heterocycles. The quantitative estimate of drug-likeness (QED) is 0.260. The number of aryl methyl sites for hydroxylation is 1. The molecule has 35 heavy (non-hydrogen) atoms. The van der Waals surface area contributed by atoms with Crippen LogP contribution < -0.4 is 10.6 Å². The van der Waals surface area contributed by atoms with Gasteiger partial charge in [0.2, 0.25) is 0 Å². The highest BCUT2D eigenvalue weighted by Crippen LogP contribution is 2.34. The van der Waals surface area contributed by atoms with Crippen LogP contribution in [-0.4, -0.2) is 34.0 Å². The molecule has 0 aliphatic heterocycles. The van der Waals surface area contributed by atoms with E-state index in [1.165, 1.54) is 18.2 Å². The summed E-state index contributed by atoms with van der Waals surface area (Å²) in [4.78, 5) is 11.8. The van der Waals surface area contributed by atoms with Gasteiger partial charge in [-0.05, 0) is 74.3 Å². The molecule has 1 aliphatic rings. The van der Waals surface area contributed by atoms with Crippen molar-refractivity contribution in [1.82, 2.24) is 15.1 Å². The third kappa shape index (κ3) is 5.46. The Labute approximate surface area is 212 Å². The lowest BCUT2D eigenvalue weighted by Gasteiger charge is -2.17. The zero-order valence-electron chi connectivity index (χ0n) is 20.8. The third-order valence-corrected chi connectivity index (χ3v) is 6.68. The number of rotatable bonds is 6. The van der Waals surface area contributed by atoms with Gasteiger partial charge >= 0.3 is 5.97 Å². The number of carbonyl (C=O) groups is 1. The molecule has 2 atom stereocenters. The Balaban J connectivity index is 1.41. The van der Waals surface area contributed by atoms with Crippen molar-refractivity contribution in [2.45, 2.75) is 52.0 Å². The number of carbonyl (C=O) groups excluding carboxylic acids is 1. The summed E-state index contributed by atoms with van der Waals surface area (Å²) >= 11 is 5.52. The molecule has 0 spiro atoms. The molecule has 4 rings (SSSR count). The molecule has 0 fully saturated rings. The van der Waals surface area contributed by atoms with Gasteiger partial charge in [-0.2, -0.15) is 5.10 Å². The van der Waals surface area contributed by atoms with Crippen LogP contribution in [0.25, 0.3) is 5.69 Å². The zero-order chi connectivity index (χ0) is 25.1. The predicted molar refractivity (Wildman–Crippen MR) is 145 cm³/mol. The molecule has 0 saturated heterocycles. The number of nitrogens with zero attached hydrogens (tertiary/aromatic N) is 2. The first-order valence-electron chi connectivity index (χ1n) is 11.9. The van der Waals surface area contributed by atoms with Gasteiger partial charge in [-0.25, -0.2) is 9.48 Å². The number of anilines is 1. The predicted octanol–water partition coefficient (Wildman–Crippen LogP) is 5.80. The van der Waals surface area contributed by atoms with E-state index in [4.69, 9.17) is 22.1 Å². The zero-order valence-corrected chi connectivity index (χ0v) is 21.6. The van der Waals surface area contributed by atoms with Crippen LogP contribution >= 0.6 is 12.2 Å². The van der Waals surface area contributed by atoms with Crippen molar-refractivity contribution >= 4 is 29.0 Å². The number of nitrogens with one attached hydrogen (secondary N) is 2. The van der Waals surface area contributed by atoms with Crippen molar-refractivity contribution in [1.29, 1.82) is 0 Å². The smallest absolute Gasteiger partial charge is 0.337 e. The fourth-order valence-electron chi connectivity index (χ4n) is 4.64. The highest BCUT2D eigenvalue weighted by atomic mass is 32.1. The maximum absolute atomic E-state index is 11.8. The fourth-order valence-corrected chi connectivity index (χ4v) is 4.91. The Bertz CT molecular complexity index is 1260. The maximum atomic E-state index is 11.8. The normalized spacial score (nSPS) is 17.0. The van der Waals surface area contributed by atoms with Gasteiger partial charge in [0, 0.05) is 28.9 Å². The number of hydrogen-bond donors (Lipinski definition) is 2. The summed E-state index contributed by atoms with van der Waals surface area (Å²) in [5, 5.41) is 11.9. The van der Waals surface area contributed by atoms with Crippen LogP contribution in [0.15, 0.2) is 60.7 Å². The second kappa shape index (κ2) is 10.4. The molecule has 7 heteroatoms. The summed E-state index contributed by atoms with van der Waals surface area (Å²) in [5.74, 6) is 0.392. The topological polar surface area (TPSA) is 68.2 Å². The Kier molecular flexibility index (Phi) is 7.36. The van der Waals surface area contributed by atoms with Crippen LogP contribution in [0.4, 0.5) is 5.69 Å². The molecule has 0 bridgehead atoms. The van der Waals surface area contributed by atoms with Crippen molar-refractivity contribution < 1.29 is 9.53 Å². The third-order valence-electron chi connectivity index (χ3n) is 6.46. The van der Waals surface area contributed by atoms with Gasteiger partial charge in [-0.3, -0.25) is 0 Å². The van der Waals surface area contributed by atoms with E-state index in [-0.39, 0.29) is 17.9 Å². The SMILES string of the molecule is COC(=O)c1cccc(NC(=S)N[C@@H]2C=C[C@H](c3c(C)nn(-c4ccc(C(C)C)cc4)c3C)C2)c1. The van der Waals surface area contributed by atoms with Crippen molar-refractivity contribution in [2.75, 3.05) is 12.4 Å². The average Bonchev–Trinajstić information content (AvgIpc) is 3.41. The number of thiocarbonyl (C=S) groups is 1. The Morgan fingerprint density at radius 2 is 1.89 bits per heavy atom. The number of ether oxygens (including phenoxy) is 1. The molecule has 0 unspecified atom stereocenters. The van der Waals surface area contributed by atoms with Gasteiger partial charge in [0.25, 0.3) is 0 Å². The monoisotopic (exact) mass is 488 g/mol. The minimum absolute atomic E-state index is 0.108. The van der Waals surface area contributed by atoms with Crippen LogP contribution in [0.2, 0.25) is 0 Å². The second-order valence-corrected chi connectivity index (χ2v) is 9.66. The second-order valence-electron chi connectivity index (χ2n) is 9.25. The molecule has 3 aromatic rings. The average molecular weight is 489 g/mol. The highest BCUT2D eigenvalue weighted by molar-refractivity contribution is 7.80. The molecular formula is C28H32N4O2S. The van der Waals surface area contributed by atoms with Crippen LogP contribution in [0.1, 0.15) is 65.0 Å². The standard InChI is InChI=1S/C28H32N4O2S/c1-17(2)20-10-13-25(14-11-20)32-19(4)26(18(3)31-32)21-9-12-24(15-21)30-28(35)29-23-8-6-7-22(16-23)27(33)34-5/h6-14,16-17,21,24H,15H2,1-5H3,(H2,29,30,35)/t21-,24+/m0/s1. The van der Waals surface area contributed by atoms with Gasteiger partial charge in [0.1, 0.15) is 0 Å². The molecule has 0 saturated carbocycles. The Hall–Kier alpha value is -3.45. The van der Waals surface area contributed by atoms with Crippen LogP contribution in [-0.2, 0) is 4.74 Å². The summed E-state index contributed by atoms with van der Waals surface area (Å²) in [6.45, 7) is 8.62. The van der Waals surface area contributed by atoms with Gasteiger partial charge in [-0.1, -0.05) is 44.2 Å². The number of aromatic nitrogens is 2. The molecule has 2 N–H and O–H groups in total. The van der Waals surface area contributed by atoms with Crippen LogP contribution in [0.5, 0.6) is 0 Å².